The number of benzene rings is 1. The fourth-order valence-corrected chi connectivity index (χ4v) is 4.42. The summed E-state index contributed by atoms with van der Waals surface area (Å²) in [4.78, 5) is 34.2. The minimum atomic E-state index is -0.671. The standard InChI is InChI=1S/C27H33N3O5/c1-19(2)18-35-22-6-4-21(5-7-22)25(31)23-24(20-8-10-28-11-9-20)30(27(33)26(23)32)13-3-12-29-14-16-34-17-15-29/h4-11,19,24,31H,3,12-18H2,1-2H3/t24-/m1/s1. The summed E-state index contributed by atoms with van der Waals surface area (Å²) in [6, 6.07) is 9.83. The Morgan fingerprint density at radius 2 is 1.77 bits per heavy atom. The molecule has 2 aromatic rings. The highest BCUT2D eigenvalue weighted by atomic mass is 16.5. The molecular weight excluding hydrogens is 446 g/mol. The van der Waals surface area contributed by atoms with E-state index in [1.807, 2.05) is 0 Å². The first-order chi connectivity index (χ1) is 17.0. The molecule has 0 radical (unpaired) electrons. The third-order valence-electron chi connectivity index (χ3n) is 6.25. The number of ether oxygens (including phenoxy) is 2. The van der Waals surface area contributed by atoms with Crippen LogP contribution in [0.4, 0.5) is 0 Å². The molecular formula is C27H33N3O5. The molecule has 4 rings (SSSR count). The van der Waals surface area contributed by atoms with Gasteiger partial charge in [0.15, 0.2) is 0 Å². The van der Waals surface area contributed by atoms with Crippen LogP contribution in [0.2, 0.25) is 0 Å². The summed E-state index contributed by atoms with van der Waals surface area (Å²) in [5, 5.41) is 11.2. The number of amides is 1. The van der Waals surface area contributed by atoms with Crippen molar-refractivity contribution in [2.75, 3.05) is 46.0 Å². The molecule has 1 aromatic carbocycles. The Labute approximate surface area is 206 Å². The summed E-state index contributed by atoms with van der Waals surface area (Å²) in [5.74, 6) is -0.369. The van der Waals surface area contributed by atoms with E-state index in [0.29, 0.717) is 43.6 Å². The number of aliphatic hydroxyl groups excluding tert-OH is 1. The number of hydrogen-bond donors (Lipinski definition) is 1. The highest BCUT2D eigenvalue weighted by Gasteiger charge is 2.45. The molecule has 2 aliphatic rings. The summed E-state index contributed by atoms with van der Waals surface area (Å²) >= 11 is 0. The molecule has 1 atom stereocenters. The number of ketones is 1. The number of Topliss-reactive ketones (excluding diaryl/α,β-unsaturated/α-hetero) is 1. The maximum atomic E-state index is 13.1. The van der Waals surface area contributed by atoms with E-state index in [4.69, 9.17) is 9.47 Å². The SMILES string of the molecule is CC(C)COc1ccc(C(O)=C2C(=O)C(=O)N(CCCN3CCOCC3)[C@@H]2c2ccncc2)cc1. The molecule has 2 fully saturated rings. The van der Waals surface area contributed by atoms with Gasteiger partial charge in [-0.1, -0.05) is 13.8 Å². The van der Waals surface area contributed by atoms with Crippen molar-refractivity contribution in [3.8, 4) is 5.75 Å². The minimum Gasteiger partial charge on any atom is -0.507 e. The zero-order valence-electron chi connectivity index (χ0n) is 20.4. The predicted octanol–water partition coefficient (Wildman–Crippen LogP) is 3.26. The van der Waals surface area contributed by atoms with Crippen molar-refractivity contribution in [2.45, 2.75) is 26.3 Å². The van der Waals surface area contributed by atoms with Crippen LogP contribution in [0.25, 0.3) is 5.76 Å². The van der Waals surface area contributed by atoms with Crippen LogP contribution in [0.3, 0.4) is 0 Å². The van der Waals surface area contributed by atoms with Gasteiger partial charge in [-0.15, -0.1) is 0 Å². The molecule has 2 aliphatic heterocycles. The van der Waals surface area contributed by atoms with E-state index in [-0.39, 0.29) is 11.3 Å². The molecule has 0 spiro atoms. The number of carbonyl (C=O) groups is 2. The Balaban J connectivity index is 1.59. The topological polar surface area (TPSA) is 92.2 Å². The van der Waals surface area contributed by atoms with Crippen LogP contribution in [0, 0.1) is 5.92 Å². The second-order valence-corrected chi connectivity index (χ2v) is 9.31. The number of likely N-dealkylation sites (tertiary alicyclic amines) is 1. The van der Waals surface area contributed by atoms with Gasteiger partial charge in [-0.3, -0.25) is 19.5 Å². The molecule has 3 heterocycles. The Morgan fingerprint density at radius 3 is 2.43 bits per heavy atom. The summed E-state index contributed by atoms with van der Waals surface area (Å²) in [5.41, 5.74) is 1.31. The highest BCUT2D eigenvalue weighted by molar-refractivity contribution is 6.46. The first-order valence-electron chi connectivity index (χ1n) is 12.2. The zero-order valence-corrected chi connectivity index (χ0v) is 20.4. The normalized spacial score (nSPS) is 20.5. The minimum absolute atomic E-state index is 0.100. The van der Waals surface area contributed by atoms with E-state index in [0.717, 1.165) is 31.6 Å². The monoisotopic (exact) mass is 479 g/mol. The molecule has 0 saturated carbocycles. The number of nitrogens with zero attached hydrogens (tertiary/aromatic N) is 3. The van der Waals surface area contributed by atoms with Crippen LogP contribution in [0.15, 0.2) is 54.4 Å². The Kier molecular flexibility index (Phi) is 8.15. The van der Waals surface area contributed by atoms with E-state index < -0.39 is 17.7 Å². The fourth-order valence-electron chi connectivity index (χ4n) is 4.42. The maximum Gasteiger partial charge on any atom is 0.295 e. The lowest BCUT2D eigenvalue weighted by atomic mass is 9.96. The second kappa shape index (κ2) is 11.5. The number of aromatic nitrogens is 1. The summed E-state index contributed by atoms with van der Waals surface area (Å²) in [6.45, 7) is 9.10. The van der Waals surface area contributed by atoms with Gasteiger partial charge in [0.2, 0.25) is 0 Å². The van der Waals surface area contributed by atoms with E-state index in [1.54, 1.807) is 53.7 Å². The maximum absolute atomic E-state index is 13.1. The first-order valence-corrected chi connectivity index (χ1v) is 12.2. The average Bonchev–Trinajstić information content (AvgIpc) is 3.13. The van der Waals surface area contributed by atoms with Gasteiger partial charge < -0.3 is 19.5 Å². The summed E-state index contributed by atoms with van der Waals surface area (Å²) in [6.07, 6.45) is 3.98. The number of carbonyl (C=O) groups excluding carboxylic acids is 2. The van der Waals surface area contributed by atoms with Crippen molar-refractivity contribution in [1.82, 2.24) is 14.8 Å². The van der Waals surface area contributed by atoms with Crippen molar-refractivity contribution in [1.29, 1.82) is 0 Å². The number of rotatable bonds is 9. The van der Waals surface area contributed by atoms with Crippen LogP contribution >= 0.6 is 0 Å². The van der Waals surface area contributed by atoms with Crippen molar-refractivity contribution in [2.24, 2.45) is 5.92 Å². The molecule has 0 bridgehead atoms. The highest BCUT2D eigenvalue weighted by Crippen LogP contribution is 2.39. The lowest BCUT2D eigenvalue weighted by Gasteiger charge is -2.29. The molecule has 35 heavy (non-hydrogen) atoms. The molecule has 8 nitrogen and oxygen atoms in total. The summed E-state index contributed by atoms with van der Waals surface area (Å²) < 4.78 is 11.1. The molecule has 8 heteroatoms. The van der Waals surface area contributed by atoms with E-state index >= 15 is 0 Å². The second-order valence-electron chi connectivity index (χ2n) is 9.31. The van der Waals surface area contributed by atoms with Crippen LogP contribution in [-0.4, -0.2) is 77.6 Å². The number of pyridine rings is 1. The zero-order chi connectivity index (χ0) is 24.8. The molecule has 1 amide bonds. The molecule has 0 unspecified atom stereocenters. The lowest BCUT2D eigenvalue weighted by molar-refractivity contribution is -0.140. The van der Waals surface area contributed by atoms with E-state index in [2.05, 4.69) is 23.7 Å². The van der Waals surface area contributed by atoms with Crippen LogP contribution in [-0.2, 0) is 14.3 Å². The van der Waals surface area contributed by atoms with Crippen molar-refractivity contribution in [3.63, 3.8) is 0 Å². The molecule has 2 saturated heterocycles. The fraction of sp³-hybridized carbons (Fsp3) is 0.444. The van der Waals surface area contributed by atoms with Crippen molar-refractivity contribution >= 4 is 17.4 Å². The van der Waals surface area contributed by atoms with Gasteiger partial charge in [-0.25, -0.2) is 0 Å². The molecule has 0 aliphatic carbocycles. The molecule has 186 valence electrons. The molecule has 1 aromatic heterocycles. The van der Waals surface area contributed by atoms with Gasteiger partial charge in [-0.2, -0.15) is 0 Å². The van der Waals surface area contributed by atoms with Gasteiger partial charge >= 0.3 is 0 Å². The number of morpholine rings is 1. The molecule has 1 N–H and O–H groups in total. The van der Waals surface area contributed by atoms with Gasteiger partial charge in [0.1, 0.15) is 11.5 Å². The Morgan fingerprint density at radius 1 is 1.09 bits per heavy atom. The van der Waals surface area contributed by atoms with Gasteiger partial charge in [-0.05, 0) is 54.3 Å². The summed E-state index contributed by atoms with van der Waals surface area (Å²) in [7, 11) is 0. The van der Waals surface area contributed by atoms with Crippen LogP contribution < -0.4 is 4.74 Å². The number of aliphatic hydroxyl groups is 1. The van der Waals surface area contributed by atoms with Crippen molar-refractivity contribution in [3.05, 3.63) is 65.5 Å². The predicted molar refractivity (Wildman–Crippen MR) is 132 cm³/mol. The third-order valence-corrected chi connectivity index (χ3v) is 6.25. The lowest BCUT2D eigenvalue weighted by Crippen LogP contribution is -2.38. The Hall–Kier alpha value is -3.23. The van der Waals surface area contributed by atoms with Gasteiger partial charge in [0.05, 0.1) is 31.4 Å². The quantitative estimate of drug-likeness (QED) is 0.335. The largest absolute Gasteiger partial charge is 0.507 e. The smallest absolute Gasteiger partial charge is 0.295 e. The third kappa shape index (κ3) is 5.89. The number of hydrogen-bond acceptors (Lipinski definition) is 7. The first kappa shape index (κ1) is 24.9. The van der Waals surface area contributed by atoms with Crippen LogP contribution in [0.5, 0.6) is 5.75 Å². The Bertz CT molecular complexity index is 1050. The average molecular weight is 480 g/mol. The van der Waals surface area contributed by atoms with Gasteiger partial charge in [0, 0.05) is 44.1 Å². The van der Waals surface area contributed by atoms with E-state index in [1.165, 1.54) is 0 Å². The van der Waals surface area contributed by atoms with Gasteiger partial charge in [0.25, 0.3) is 11.7 Å². The van der Waals surface area contributed by atoms with Crippen molar-refractivity contribution < 1.29 is 24.2 Å². The van der Waals surface area contributed by atoms with Crippen LogP contribution in [0.1, 0.15) is 37.4 Å². The van der Waals surface area contributed by atoms with E-state index in [9.17, 15) is 14.7 Å².